The standard InChI is InChI=1S/C17H9N5/c18-10-12-4-3-9-21-16(12)17-13(11-19)6-7-15(22-17)14-5-1-2-8-20-14/h1-9H. The van der Waals surface area contributed by atoms with Crippen molar-refractivity contribution in [2.24, 2.45) is 0 Å². The summed E-state index contributed by atoms with van der Waals surface area (Å²) in [6.45, 7) is 0. The summed E-state index contributed by atoms with van der Waals surface area (Å²) in [5.41, 5.74) is 2.87. The minimum absolute atomic E-state index is 0.370. The molecule has 3 rings (SSSR count). The van der Waals surface area contributed by atoms with E-state index in [9.17, 15) is 10.5 Å². The van der Waals surface area contributed by atoms with Gasteiger partial charge in [0.25, 0.3) is 0 Å². The Bertz CT molecular complexity index is 904. The highest BCUT2D eigenvalue weighted by atomic mass is 14.8. The van der Waals surface area contributed by atoms with Gasteiger partial charge in [0.2, 0.25) is 0 Å². The third kappa shape index (κ3) is 2.39. The summed E-state index contributed by atoms with van der Waals surface area (Å²) in [4.78, 5) is 13.0. The van der Waals surface area contributed by atoms with E-state index < -0.39 is 0 Å². The van der Waals surface area contributed by atoms with E-state index in [1.165, 1.54) is 0 Å². The van der Waals surface area contributed by atoms with Crippen LogP contribution in [-0.2, 0) is 0 Å². The van der Waals surface area contributed by atoms with Crippen LogP contribution in [-0.4, -0.2) is 15.0 Å². The maximum atomic E-state index is 9.29. The Morgan fingerprint density at radius 3 is 2.18 bits per heavy atom. The molecule has 0 unspecified atom stereocenters. The second-order valence-corrected chi connectivity index (χ2v) is 4.43. The summed E-state index contributed by atoms with van der Waals surface area (Å²) in [5.74, 6) is 0. The normalized spacial score (nSPS) is 9.73. The zero-order chi connectivity index (χ0) is 15.4. The van der Waals surface area contributed by atoms with E-state index in [0.717, 1.165) is 0 Å². The van der Waals surface area contributed by atoms with E-state index in [2.05, 4.69) is 27.1 Å². The third-order valence-electron chi connectivity index (χ3n) is 3.10. The largest absolute Gasteiger partial charge is 0.255 e. The molecule has 0 aliphatic rings. The molecule has 0 fully saturated rings. The first-order chi connectivity index (χ1) is 10.8. The van der Waals surface area contributed by atoms with Gasteiger partial charge in [0.15, 0.2) is 0 Å². The Labute approximate surface area is 127 Å². The van der Waals surface area contributed by atoms with Crippen molar-refractivity contribution in [2.45, 2.75) is 0 Å². The van der Waals surface area contributed by atoms with Crippen LogP contribution in [0.15, 0.2) is 54.9 Å². The lowest BCUT2D eigenvalue weighted by atomic mass is 10.1. The summed E-state index contributed by atoms with van der Waals surface area (Å²) in [7, 11) is 0. The van der Waals surface area contributed by atoms with E-state index in [-0.39, 0.29) is 0 Å². The van der Waals surface area contributed by atoms with Crippen LogP contribution in [0.1, 0.15) is 11.1 Å². The predicted octanol–water partition coefficient (Wildman–Crippen LogP) is 2.95. The first kappa shape index (κ1) is 13.4. The maximum Gasteiger partial charge on any atom is 0.109 e. The summed E-state index contributed by atoms with van der Waals surface area (Å²) < 4.78 is 0. The minimum atomic E-state index is 0.370. The van der Waals surface area contributed by atoms with E-state index in [1.807, 2.05) is 18.2 Å². The fourth-order valence-corrected chi connectivity index (χ4v) is 2.07. The van der Waals surface area contributed by atoms with E-state index in [0.29, 0.717) is 33.9 Å². The molecular weight excluding hydrogens is 274 g/mol. The number of aromatic nitrogens is 3. The molecule has 0 aliphatic carbocycles. The molecule has 0 atom stereocenters. The van der Waals surface area contributed by atoms with Crippen molar-refractivity contribution >= 4 is 0 Å². The number of nitriles is 2. The third-order valence-corrected chi connectivity index (χ3v) is 3.10. The van der Waals surface area contributed by atoms with Crippen molar-refractivity contribution in [3.05, 3.63) is 66.0 Å². The highest BCUT2D eigenvalue weighted by Gasteiger charge is 2.14. The molecule has 0 saturated heterocycles. The molecule has 0 bridgehead atoms. The highest BCUT2D eigenvalue weighted by molar-refractivity contribution is 5.71. The van der Waals surface area contributed by atoms with Crippen LogP contribution >= 0.6 is 0 Å². The lowest BCUT2D eigenvalue weighted by molar-refractivity contribution is 1.20. The van der Waals surface area contributed by atoms with Gasteiger partial charge >= 0.3 is 0 Å². The Balaban J connectivity index is 2.23. The van der Waals surface area contributed by atoms with Gasteiger partial charge in [0, 0.05) is 12.4 Å². The second-order valence-electron chi connectivity index (χ2n) is 4.43. The zero-order valence-electron chi connectivity index (χ0n) is 11.4. The number of rotatable bonds is 2. The van der Waals surface area contributed by atoms with Crippen molar-refractivity contribution < 1.29 is 0 Å². The van der Waals surface area contributed by atoms with Crippen molar-refractivity contribution in [3.63, 3.8) is 0 Å². The Morgan fingerprint density at radius 2 is 1.45 bits per heavy atom. The van der Waals surface area contributed by atoms with Crippen LogP contribution in [0, 0.1) is 22.7 Å². The minimum Gasteiger partial charge on any atom is -0.255 e. The lowest BCUT2D eigenvalue weighted by Gasteiger charge is -2.07. The average molecular weight is 283 g/mol. The molecule has 5 heteroatoms. The first-order valence-electron chi connectivity index (χ1n) is 6.51. The van der Waals surface area contributed by atoms with Crippen LogP contribution in [0.5, 0.6) is 0 Å². The molecule has 0 aliphatic heterocycles. The monoisotopic (exact) mass is 283 g/mol. The Morgan fingerprint density at radius 1 is 0.682 bits per heavy atom. The fourth-order valence-electron chi connectivity index (χ4n) is 2.07. The van der Waals surface area contributed by atoms with Crippen LogP contribution in [0.4, 0.5) is 0 Å². The molecule has 3 heterocycles. The zero-order valence-corrected chi connectivity index (χ0v) is 11.4. The molecule has 0 aromatic carbocycles. The van der Waals surface area contributed by atoms with Crippen LogP contribution in [0.2, 0.25) is 0 Å². The van der Waals surface area contributed by atoms with Crippen molar-refractivity contribution in [3.8, 4) is 34.9 Å². The van der Waals surface area contributed by atoms with Crippen molar-refractivity contribution in [1.82, 2.24) is 15.0 Å². The van der Waals surface area contributed by atoms with Gasteiger partial charge in [-0.15, -0.1) is 0 Å². The quantitative estimate of drug-likeness (QED) is 0.721. The Hall–Kier alpha value is -3.57. The van der Waals surface area contributed by atoms with Gasteiger partial charge in [-0.05, 0) is 36.4 Å². The summed E-state index contributed by atoms with van der Waals surface area (Å²) >= 11 is 0. The van der Waals surface area contributed by atoms with Gasteiger partial charge in [-0.2, -0.15) is 10.5 Å². The fraction of sp³-hybridized carbons (Fsp3) is 0. The van der Waals surface area contributed by atoms with Crippen LogP contribution in [0.25, 0.3) is 22.8 Å². The van der Waals surface area contributed by atoms with E-state index in [4.69, 9.17) is 0 Å². The summed E-state index contributed by atoms with van der Waals surface area (Å²) in [6.07, 6.45) is 3.25. The van der Waals surface area contributed by atoms with Gasteiger partial charge in [-0.25, -0.2) is 4.98 Å². The maximum absolute atomic E-state index is 9.29. The molecule has 3 aromatic heterocycles. The Kier molecular flexibility index (Phi) is 3.55. The summed E-state index contributed by atoms with van der Waals surface area (Å²) in [6, 6.07) is 16.4. The molecule has 102 valence electrons. The van der Waals surface area contributed by atoms with Gasteiger partial charge in [-0.1, -0.05) is 6.07 Å². The topological polar surface area (TPSA) is 86.2 Å². The van der Waals surface area contributed by atoms with Crippen LogP contribution in [0.3, 0.4) is 0 Å². The average Bonchev–Trinajstić information content (AvgIpc) is 2.62. The smallest absolute Gasteiger partial charge is 0.109 e. The molecule has 0 radical (unpaired) electrons. The van der Waals surface area contributed by atoms with Crippen molar-refractivity contribution in [2.75, 3.05) is 0 Å². The number of hydrogen-bond donors (Lipinski definition) is 0. The highest BCUT2D eigenvalue weighted by Crippen LogP contribution is 2.25. The number of pyridine rings is 3. The summed E-state index contributed by atoms with van der Waals surface area (Å²) in [5, 5.41) is 18.5. The number of hydrogen-bond acceptors (Lipinski definition) is 5. The van der Waals surface area contributed by atoms with E-state index in [1.54, 1.807) is 36.7 Å². The van der Waals surface area contributed by atoms with Crippen molar-refractivity contribution in [1.29, 1.82) is 10.5 Å². The van der Waals surface area contributed by atoms with Crippen LogP contribution < -0.4 is 0 Å². The number of nitrogens with zero attached hydrogens (tertiary/aromatic N) is 5. The van der Waals surface area contributed by atoms with Gasteiger partial charge in [0.05, 0.1) is 22.5 Å². The van der Waals surface area contributed by atoms with Gasteiger partial charge in [0.1, 0.15) is 23.5 Å². The molecule has 3 aromatic rings. The SMILES string of the molecule is N#Cc1cccnc1-c1nc(-c2ccccn2)ccc1C#N. The second kappa shape index (κ2) is 5.82. The molecule has 0 saturated carbocycles. The molecular formula is C17H9N5. The molecule has 22 heavy (non-hydrogen) atoms. The van der Waals surface area contributed by atoms with E-state index >= 15 is 0 Å². The predicted molar refractivity (Wildman–Crippen MR) is 80.1 cm³/mol. The molecule has 0 amide bonds. The molecule has 5 nitrogen and oxygen atoms in total. The van der Waals surface area contributed by atoms with Gasteiger partial charge < -0.3 is 0 Å². The van der Waals surface area contributed by atoms with Gasteiger partial charge in [-0.3, -0.25) is 9.97 Å². The molecule has 0 N–H and O–H groups in total. The lowest BCUT2D eigenvalue weighted by Crippen LogP contribution is -1.97. The first-order valence-corrected chi connectivity index (χ1v) is 6.51. The molecule has 0 spiro atoms.